The normalized spacial score (nSPS) is 13.3. The molecule has 0 aliphatic carbocycles. The van der Waals surface area contributed by atoms with Crippen LogP contribution in [0.2, 0.25) is 0 Å². The third-order valence-corrected chi connectivity index (χ3v) is 4.92. The molecule has 1 aliphatic heterocycles. The van der Waals surface area contributed by atoms with Gasteiger partial charge in [0, 0.05) is 62.2 Å². The average Bonchev–Trinajstić information content (AvgIpc) is 3.03. The third-order valence-electron chi connectivity index (χ3n) is 4.92. The number of rotatable bonds is 10. The van der Waals surface area contributed by atoms with Gasteiger partial charge >= 0.3 is 0 Å². The van der Waals surface area contributed by atoms with Crippen LogP contribution in [0.25, 0.3) is 0 Å². The van der Waals surface area contributed by atoms with Crippen LogP contribution < -0.4 is 10.1 Å². The summed E-state index contributed by atoms with van der Waals surface area (Å²) in [5.41, 5.74) is 3.09. The molecule has 3 heterocycles. The highest BCUT2D eigenvalue weighted by Crippen LogP contribution is 2.27. The maximum absolute atomic E-state index is 13.0. The molecule has 3 rings (SSSR count). The fraction of sp³-hybridized carbons (Fsp3) is 0.455. The minimum absolute atomic E-state index is 0.00472. The molecule has 0 saturated carbocycles. The molecule has 2 amide bonds. The zero-order valence-electron chi connectivity index (χ0n) is 18.0. The van der Waals surface area contributed by atoms with Gasteiger partial charge in [-0.1, -0.05) is 0 Å². The van der Waals surface area contributed by atoms with Crippen LogP contribution >= 0.6 is 0 Å². The second-order valence-corrected chi connectivity index (χ2v) is 7.87. The van der Waals surface area contributed by atoms with Gasteiger partial charge in [0.15, 0.2) is 6.61 Å². The predicted octanol–water partition coefficient (Wildman–Crippen LogP) is 2.02. The SMILES string of the molecule is Cc1cc(CN2Cc3c(ccnc3CC(=O)NCCCO)C2=O)cnc1OCC(C)(F)F. The lowest BCUT2D eigenvalue weighted by Gasteiger charge is -2.17. The minimum atomic E-state index is -2.96. The van der Waals surface area contributed by atoms with Crippen molar-refractivity contribution in [2.45, 2.75) is 45.7 Å². The molecular formula is C22H26F2N4O4. The molecule has 8 nitrogen and oxygen atoms in total. The highest BCUT2D eigenvalue weighted by molar-refractivity contribution is 5.98. The van der Waals surface area contributed by atoms with E-state index in [0.717, 1.165) is 12.5 Å². The van der Waals surface area contributed by atoms with Gasteiger partial charge in [0.2, 0.25) is 11.8 Å². The molecule has 10 heteroatoms. The molecule has 0 saturated heterocycles. The lowest BCUT2D eigenvalue weighted by Crippen LogP contribution is -2.27. The van der Waals surface area contributed by atoms with Crippen molar-refractivity contribution in [2.24, 2.45) is 0 Å². The number of fused-ring (bicyclic) bond motifs is 1. The van der Waals surface area contributed by atoms with Crippen LogP contribution in [0.3, 0.4) is 0 Å². The second kappa shape index (κ2) is 9.99. The van der Waals surface area contributed by atoms with Crippen LogP contribution in [0, 0.1) is 6.92 Å². The minimum Gasteiger partial charge on any atom is -0.471 e. The molecule has 0 aromatic carbocycles. The van der Waals surface area contributed by atoms with E-state index < -0.39 is 12.5 Å². The zero-order valence-corrected chi connectivity index (χ0v) is 18.0. The Morgan fingerprint density at radius 3 is 2.84 bits per heavy atom. The summed E-state index contributed by atoms with van der Waals surface area (Å²) in [5.74, 6) is -3.22. The monoisotopic (exact) mass is 448 g/mol. The number of hydrogen-bond donors (Lipinski definition) is 2. The van der Waals surface area contributed by atoms with E-state index in [0.29, 0.717) is 41.9 Å². The first-order valence-corrected chi connectivity index (χ1v) is 10.3. The van der Waals surface area contributed by atoms with Gasteiger partial charge in [-0.3, -0.25) is 14.6 Å². The Kier molecular flexibility index (Phi) is 7.34. The Labute approximate surface area is 184 Å². The summed E-state index contributed by atoms with van der Waals surface area (Å²) in [6, 6.07) is 3.39. The van der Waals surface area contributed by atoms with Crippen LogP contribution in [0.5, 0.6) is 5.88 Å². The summed E-state index contributed by atoms with van der Waals surface area (Å²) in [6.07, 6.45) is 3.53. The Morgan fingerprint density at radius 1 is 1.38 bits per heavy atom. The molecule has 2 N–H and O–H groups in total. The number of aliphatic hydroxyl groups is 1. The van der Waals surface area contributed by atoms with Gasteiger partial charge in [0.1, 0.15) is 0 Å². The molecule has 2 aromatic rings. The molecule has 0 atom stereocenters. The van der Waals surface area contributed by atoms with E-state index in [4.69, 9.17) is 9.84 Å². The van der Waals surface area contributed by atoms with Gasteiger partial charge in [-0.2, -0.15) is 0 Å². The summed E-state index contributed by atoms with van der Waals surface area (Å²) in [6.45, 7) is 2.66. The molecule has 2 aromatic heterocycles. The van der Waals surface area contributed by atoms with E-state index in [1.165, 1.54) is 12.4 Å². The molecule has 0 radical (unpaired) electrons. The number of aliphatic hydroxyl groups excluding tert-OH is 1. The van der Waals surface area contributed by atoms with Gasteiger partial charge in [-0.25, -0.2) is 13.8 Å². The molecule has 1 aliphatic rings. The number of ether oxygens (including phenoxy) is 1. The second-order valence-electron chi connectivity index (χ2n) is 7.87. The summed E-state index contributed by atoms with van der Waals surface area (Å²) in [7, 11) is 0. The molecule has 0 bridgehead atoms. The predicted molar refractivity (Wildman–Crippen MR) is 111 cm³/mol. The number of carbonyl (C=O) groups excluding carboxylic acids is 2. The van der Waals surface area contributed by atoms with Crippen LogP contribution in [-0.2, 0) is 24.3 Å². The van der Waals surface area contributed by atoms with Crippen LogP contribution in [0.15, 0.2) is 24.5 Å². The van der Waals surface area contributed by atoms with Gasteiger partial charge in [-0.15, -0.1) is 0 Å². The van der Waals surface area contributed by atoms with E-state index in [1.807, 2.05) is 0 Å². The fourth-order valence-electron chi connectivity index (χ4n) is 3.42. The maximum Gasteiger partial charge on any atom is 0.278 e. The number of pyridine rings is 2. The quantitative estimate of drug-likeness (QED) is 0.539. The summed E-state index contributed by atoms with van der Waals surface area (Å²) in [4.78, 5) is 35.0. The molecule has 0 spiro atoms. The number of nitrogens with one attached hydrogen (secondary N) is 1. The third kappa shape index (κ3) is 5.97. The molecule has 0 fully saturated rings. The van der Waals surface area contributed by atoms with Crippen molar-refractivity contribution in [1.29, 1.82) is 0 Å². The van der Waals surface area contributed by atoms with Crippen LogP contribution in [0.1, 0.15) is 46.1 Å². The summed E-state index contributed by atoms with van der Waals surface area (Å²) < 4.78 is 31.1. The highest BCUT2D eigenvalue weighted by atomic mass is 19.3. The summed E-state index contributed by atoms with van der Waals surface area (Å²) in [5, 5.41) is 11.5. The molecule has 0 unspecified atom stereocenters. The number of carbonyl (C=O) groups is 2. The molecular weight excluding hydrogens is 422 g/mol. The van der Waals surface area contributed by atoms with Crippen molar-refractivity contribution in [1.82, 2.24) is 20.2 Å². The Hall–Kier alpha value is -3.14. The smallest absolute Gasteiger partial charge is 0.278 e. The number of hydrogen-bond acceptors (Lipinski definition) is 6. The van der Waals surface area contributed by atoms with Gasteiger partial charge in [-0.05, 0) is 31.0 Å². The van der Waals surface area contributed by atoms with E-state index >= 15 is 0 Å². The summed E-state index contributed by atoms with van der Waals surface area (Å²) >= 11 is 0. The Balaban J connectivity index is 1.67. The fourth-order valence-corrected chi connectivity index (χ4v) is 3.42. The van der Waals surface area contributed by atoms with Crippen molar-refractivity contribution >= 4 is 11.8 Å². The lowest BCUT2D eigenvalue weighted by molar-refractivity contribution is -0.120. The number of aromatic nitrogens is 2. The standard InChI is InChI=1S/C22H26F2N4O4/c1-14-8-15(10-27-20(14)32-13-22(2,23)24)11-28-12-17-16(21(28)31)4-6-25-18(17)9-19(30)26-5-3-7-29/h4,6,8,10,29H,3,5,7,9,11-13H2,1-2H3,(H,26,30). The van der Waals surface area contributed by atoms with Crippen molar-refractivity contribution in [2.75, 3.05) is 19.8 Å². The van der Waals surface area contributed by atoms with E-state index in [1.54, 1.807) is 24.0 Å². The first-order chi connectivity index (χ1) is 15.2. The number of halogens is 2. The van der Waals surface area contributed by atoms with Crippen molar-refractivity contribution < 1.29 is 28.2 Å². The van der Waals surface area contributed by atoms with Gasteiger partial charge < -0.3 is 20.1 Å². The Morgan fingerprint density at radius 2 is 2.16 bits per heavy atom. The molecule has 32 heavy (non-hydrogen) atoms. The average molecular weight is 448 g/mol. The number of amides is 2. The van der Waals surface area contributed by atoms with Crippen molar-refractivity contribution in [3.8, 4) is 5.88 Å². The van der Waals surface area contributed by atoms with Crippen LogP contribution in [0.4, 0.5) is 8.78 Å². The van der Waals surface area contributed by atoms with Crippen molar-refractivity contribution in [3.63, 3.8) is 0 Å². The zero-order chi connectivity index (χ0) is 23.3. The van der Waals surface area contributed by atoms with Crippen LogP contribution in [-0.4, -0.2) is 57.5 Å². The topological polar surface area (TPSA) is 105 Å². The largest absolute Gasteiger partial charge is 0.471 e. The number of aryl methyl sites for hydroxylation is 1. The first-order valence-electron chi connectivity index (χ1n) is 10.3. The van der Waals surface area contributed by atoms with E-state index in [9.17, 15) is 18.4 Å². The maximum atomic E-state index is 13.0. The van der Waals surface area contributed by atoms with Gasteiger partial charge in [0.25, 0.3) is 11.8 Å². The highest BCUT2D eigenvalue weighted by Gasteiger charge is 2.30. The number of nitrogens with zero attached hydrogens (tertiary/aromatic N) is 3. The first kappa shape index (κ1) is 23.5. The van der Waals surface area contributed by atoms with Crippen molar-refractivity contribution in [3.05, 3.63) is 52.5 Å². The lowest BCUT2D eigenvalue weighted by atomic mass is 10.1. The van der Waals surface area contributed by atoms with E-state index in [2.05, 4.69) is 15.3 Å². The Bertz CT molecular complexity index is 994. The number of alkyl halides is 2. The molecule has 172 valence electrons. The van der Waals surface area contributed by atoms with Gasteiger partial charge in [0.05, 0.1) is 12.1 Å². The van der Waals surface area contributed by atoms with E-state index in [-0.39, 0.29) is 37.3 Å².